The lowest BCUT2D eigenvalue weighted by Crippen LogP contribution is -2.10. The van der Waals surface area contributed by atoms with Gasteiger partial charge in [-0.2, -0.15) is 0 Å². The summed E-state index contributed by atoms with van der Waals surface area (Å²) in [6.07, 6.45) is 1.42. The zero-order chi connectivity index (χ0) is 12.8. The molecule has 1 rings (SSSR count). The van der Waals surface area contributed by atoms with Crippen LogP contribution in [0.5, 0.6) is 0 Å². The van der Waals surface area contributed by atoms with Crippen LogP contribution in [0.3, 0.4) is 0 Å². The molecule has 7 heteroatoms. The lowest BCUT2D eigenvalue weighted by atomic mass is 10.2. The van der Waals surface area contributed by atoms with Crippen molar-refractivity contribution in [1.82, 2.24) is 0 Å². The molecular weight excluding hydrogens is 228 g/mol. The van der Waals surface area contributed by atoms with Crippen molar-refractivity contribution in [1.29, 1.82) is 0 Å². The average molecular weight is 236 g/mol. The summed E-state index contributed by atoms with van der Waals surface area (Å²) >= 11 is 0. The summed E-state index contributed by atoms with van der Waals surface area (Å²) in [5, 5.41) is 21.1. The molecule has 0 fully saturated rings. The van der Waals surface area contributed by atoms with Crippen LogP contribution in [0.1, 0.15) is 0 Å². The highest BCUT2D eigenvalue weighted by Crippen LogP contribution is 2.22. The summed E-state index contributed by atoms with van der Waals surface area (Å²) in [6, 6.07) is 5.56. The predicted octanol–water partition coefficient (Wildman–Crippen LogP) is 1.17. The van der Waals surface area contributed by atoms with E-state index in [2.05, 4.69) is 5.32 Å². The van der Waals surface area contributed by atoms with E-state index >= 15 is 0 Å². The number of carboxylic acid groups (broad SMARTS) is 1. The van der Waals surface area contributed by atoms with Gasteiger partial charge in [0.05, 0.1) is 4.92 Å². The van der Waals surface area contributed by atoms with Crippen molar-refractivity contribution in [2.24, 2.45) is 0 Å². The summed E-state index contributed by atoms with van der Waals surface area (Å²) < 4.78 is 0. The third-order valence-electron chi connectivity index (χ3n) is 1.74. The van der Waals surface area contributed by atoms with E-state index < -0.39 is 16.8 Å². The number of benzene rings is 1. The van der Waals surface area contributed by atoms with Gasteiger partial charge < -0.3 is 10.4 Å². The summed E-state index contributed by atoms with van der Waals surface area (Å²) in [7, 11) is 0. The van der Waals surface area contributed by atoms with Crippen molar-refractivity contribution in [2.45, 2.75) is 0 Å². The van der Waals surface area contributed by atoms with Crippen LogP contribution in [0.15, 0.2) is 36.4 Å². The molecule has 0 aliphatic rings. The van der Waals surface area contributed by atoms with Gasteiger partial charge >= 0.3 is 5.97 Å². The van der Waals surface area contributed by atoms with Crippen LogP contribution in [0, 0.1) is 10.1 Å². The fraction of sp³-hybridized carbons (Fsp3) is 0. The Labute approximate surface area is 95.5 Å². The number of aliphatic carboxylic acids is 1. The molecule has 0 aliphatic heterocycles. The first-order valence-corrected chi connectivity index (χ1v) is 4.46. The van der Waals surface area contributed by atoms with E-state index in [0.29, 0.717) is 6.08 Å². The Morgan fingerprint density at radius 2 is 1.94 bits per heavy atom. The first-order chi connectivity index (χ1) is 8.00. The van der Waals surface area contributed by atoms with Crippen LogP contribution in [-0.4, -0.2) is 21.9 Å². The number of nitro groups is 1. The van der Waals surface area contributed by atoms with Gasteiger partial charge in [-0.15, -0.1) is 0 Å². The Kier molecular flexibility index (Phi) is 3.93. The largest absolute Gasteiger partial charge is 0.478 e. The summed E-state index contributed by atoms with van der Waals surface area (Å²) in [5.41, 5.74) is -0.248. The number of anilines is 1. The van der Waals surface area contributed by atoms with Gasteiger partial charge in [0.15, 0.2) is 0 Å². The Hall–Kier alpha value is -2.70. The zero-order valence-corrected chi connectivity index (χ0v) is 8.49. The van der Waals surface area contributed by atoms with Crippen LogP contribution < -0.4 is 5.32 Å². The molecule has 0 atom stereocenters. The minimum Gasteiger partial charge on any atom is -0.478 e. The van der Waals surface area contributed by atoms with Gasteiger partial charge in [-0.3, -0.25) is 14.9 Å². The number of hydrogen-bond donors (Lipinski definition) is 2. The van der Waals surface area contributed by atoms with Crippen molar-refractivity contribution in [3.8, 4) is 0 Å². The highest BCUT2D eigenvalue weighted by Gasteiger charge is 2.13. The fourth-order valence-electron chi connectivity index (χ4n) is 1.06. The second-order valence-corrected chi connectivity index (χ2v) is 2.94. The summed E-state index contributed by atoms with van der Waals surface area (Å²) in [4.78, 5) is 31.3. The number of amides is 1. The molecule has 0 saturated carbocycles. The minimum atomic E-state index is -1.28. The van der Waals surface area contributed by atoms with Gasteiger partial charge in [0.25, 0.3) is 5.69 Å². The van der Waals surface area contributed by atoms with Crippen LogP contribution in [-0.2, 0) is 9.59 Å². The molecule has 0 bridgehead atoms. The number of carboxylic acids is 1. The molecule has 0 unspecified atom stereocenters. The van der Waals surface area contributed by atoms with Crippen LogP contribution >= 0.6 is 0 Å². The number of carbonyl (C=O) groups excluding carboxylic acids is 1. The van der Waals surface area contributed by atoms with Gasteiger partial charge in [-0.05, 0) is 6.07 Å². The molecule has 0 heterocycles. The van der Waals surface area contributed by atoms with Crippen LogP contribution in [0.4, 0.5) is 11.4 Å². The number of para-hydroxylation sites is 2. The lowest BCUT2D eigenvalue weighted by molar-refractivity contribution is -0.383. The van der Waals surface area contributed by atoms with Gasteiger partial charge in [0, 0.05) is 18.2 Å². The van der Waals surface area contributed by atoms with Crippen molar-refractivity contribution < 1.29 is 19.6 Å². The molecule has 7 nitrogen and oxygen atoms in total. The first kappa shape index (κ1) is 12.4. The van der Waals surface area contributed by atoms with Gasteiger partial charge in [-0.25, -0.2) is 4.79 Å². The molecule has 0 radical (unpaired) electrons. The van der Waals surface area contributed by atoms with E-state index in [1.807, 2.05) is 0 Å². The summed E-state index contributed by atoms with van der Waals surface area (Å²) in [6.45, 7) is 0. The van der Waals surface area contributed by atoms with Crippen molar-refractivity contribution >= 4 is 23.3 Å². The third kappa shape index (κ3) is 3.74. The highest BCUT2D eigenvalue weighted by atomic mass is 16.6. The topological polar surface area (TPSA) is 110 Å². The van der Waals surface area contributed by atoms with E-state index in [-0.39, 0.29) is 11.4 Å². The number of carbonyl (C=O) groups is 2. The molecule has 2 N–H and O–H groups in total. The molecule has 0 spiro atoms. The molecule has 0 saturated heterocycles. The number of nitrogens with zero attached hydrogens (tertiary/aromatic N) is 1. The maximum Gasteiger partial charge on any atom is 0.328 e. The standard InChI is InChI=1S/C10H8N2O5/c13-9(5-6-10(14)15)11-7-3-1-2-4-8(7)12(16)17/h1-6H,(H,11,13)(H,14,15)/b6-5+. The van der Waals surface area contributed by atoms with Crippen LogP contribution in [0.2, 0.25) is 0 Å². The lowest BCUT2D eigenvalue weighted by Gasteiger charge is -2.02. The molecular formula is C10H8N2O5. The second-order valence-electron chi connectivity index (χ2n) is 2.94. The maximum absolute atomic E-state index is 11.2. The van der Waals surface area contributed by atoms with Gasteiger partial charge in [0.2, 0.25) is 5.91 Å². The van der Waals surface area contributed by atoms with Gasteiger partial charge in [0.1, 0.15) is 5.69 Å². The normalized spacial score (nSPS) is 10.1. The molecule has 88 valence electrons. The molecule has 1 amide bonds. The number of rotatable bonds is 4. The van der Waals surface area contributed by atoms with Crippen molar-refractivity contribution in [2.75, 3.05) is 5.32 Å². The van der Waals surface area contributed by atoms with E-state index in [1.165, 1.54) is 24.3 Å². The quantitative estimate of drug-likeness (QED) is 0.463. The van der Waals surface area contributed by atoms with Crippen molar-refractivity contribution in [3.05, 3.63) is 46.5 Å². The maximum atomic E-state index is 11.2. The van der Waals surface area contributed by atoms with Crippen molar-refractivity contribution in [3.63, 3.8) is 0 Å². The Balaban J connectivity index is 2.85. The molecule has 1 aromatic rings. The number of nitro benzene ring substituents is 1. The predicted molar refractivity (Wildman–Crippen MR) is 58.5 cm³/mol. The first-order valence-electron chi connectivity index (χ1n) is 4.46. The second kappa shape index (κ2) is 5.40. The minimum absolute atomic E-state index is 0.0116. The Morgan fingerprint density at radius 3 is 2.53 bits per heavy atom. The zero-order valence-electron chi connectivity index (χ0n) is 8.49. The monoisotopic (exact) mass is 236 g/mol. The highest BCUT2D eigenvalue weighted by molar-refractivity contribution is 6.03. The van der Waals surface area contributed by atoms with E-state index in [0.717, 1.165) is 6.08 Å². The fourth-order valence-corrected chi connectivity index (χ4v) is 1.06. The number of hydrogen-bond acceptors (Lipinski definition) is 4. The molecule has 1 aromatic carbocycles. The third-order valence-corrected chi connectivity index (χ3v) is 1.74. The Bertz CT molecular complexity index is 495. The number of nitrogens with one attached hydrogen (secondary N) is 1. The van der Waals surface area contributed by atoms with E-state index in [4.69, 9.17) is 5.11 Å². The van der Waals surface area contributed by atoms with Crippen LogP contribution in [0.25, 0.3) is 0 Å². The molecule has 0 aromatic heterocycles. The smallest absolute Gasteiger partial charge is 0.328 e. The molecule has 0 aliphatic carbocycles. The van der Waals surface area contributed by atoms with E-state index in [1.54, 1.807) is 0 Å². The van der Waals surface area contributed by atoms with E-state index in [9.17, 15) is 19.7 Å². The Morgan fingerprint density at radius 1 is 1.29 bits per heavy atom. The summed E-state index contributed by atoms with van der Waals surface area (Å²) in [5.74, 6) is -2.02. The van der Waals surface area contributed by atoms with Gasteiger partial charge in [-0.1, -0.05) is 12.1 Å². The average Bonchev–Trinajstić information content (AvgIpc) is 2.27. The SMILES string of the molecule is O=C(O)/C=C/C(=O)Nc1ccccc1[N+](=O)[O-]. The molecule has 17 heavy (non-hydrogen) atoms.